The molecule has 0 aliphatic carbocycles. The summed E-state index contributed by atoms with van der Waals surface area (Å²) in [5.41, 5.74) is 0.220. The van der Waals surface area contributed by atoms with Gasteiger partial charge in [0.25, 0.3) is 0 Å². The van der Waals surface area contributed by atoms with E-state index >= 15 is 0 Å². The fourth-order valence-corrected chi connectivity index (χ4v) is 2.55. The van der Waals surface area contributed by atoms with Crippen molar-refractivity contribution in [3.8, 4) is 0 Å². The Hall–Kier alpha value is -2.12. The zero-order valence-corrected chi connectivity index (χ0v) is 12.3. The Morgan fingerprint density at radius 1 is 1.30 bits per heavy atom. The third-order valence-corrected chi connectivity index (χ3v) is 3.98. The van der Waals surface area contributed by atoms with Crippen LogP contribution in [0.4, 0.5) is 17.6 Å². The molecule has 1 aliphatic rings. The van der Waals surface area contributed by atoms with Crippen LogP contribution in [0.2, 0.25) is 0 Å². The van der Waals surface area contributed by atoms with Crippen molar-refractivity contribution in [2.45, 2.75) is 32.5 Å². The molecule has 8 heteroatoms. The number of nitrogens with zero attached hydrogens (tertiary/aromatic N) is 1. The van der Waals surface area contributed by atoms with E-state index in [1.54, 1.807) is 0 Å². The number of fused-ring (bicyclic) bond motifs is 1. The highest BCUT2D eigenvalue weighted by Gasteiger charge is 2.38. The number of carbonyl (C=O) groups excluding carboxylic acids is 1. The van der Waals surface area contributed by atoms with Crippen molar-refractivity contribution < 1.29 is 32.3 Å². The van der Waals surface area contributed by atoms with Crippen LogP contribution in [-0.2, 0) is 17.8 Å². The first-order valence-electron chi connectivity index (χ1n) is 6.99. The van der Waals surface area contributed by atoms with Gasteiger partial charge in [-0.2, -0.15) is 13.2 Å². The van der Waals surface area contributed by atoms with Gasteiger partial charge in [-0.15, -0.1) is 0 Å². The van der Waals surface area contributed by atoms with Gasteiger partial charge < -0.3 is 10.0 Å². The Bertz CT molecular complexity index is 642. The molecule has 1 heterocycles. The predicted octanol–water partition coefficient (Wildman–Crippen LogP) is 3.00. The van der Waals surface area contributed by atoms with E-state index in [1.165, 1.54) is 0 Å². The summed E-state index contributed by atoms with van der Waals surface area (Å²) in [6.07, 6.45) is -5.10. The first kappa shape index (κ1) is 17.2. The van der Waals surface area contributed by atoms with Gasteiger partial charge in [-0.25, -0.2) is 9.18 Å². The lowest BCUT2D eigenvalue weighted by Gasteiger charge is -2.31. The molecule has 1 N–H and O–H groups in total. The summed E-state index contributed by atoms with van der Waals surface area (Å²) in [5, 5.41) is 9.13. The number of aromatic carboxylic acids is 1. The Labute approximate surface area is 129 Å². The number of carboxylic acids is 1. The minimum absolute atomic E-state index is 0.0659. The molecule has 1 aromatic rings. The molecule has 0 fully saturated rings. The Balaban J connectivity index is 2.21. The van der Waals surface area contributed by atoms with Crippen LogP contribution in [0.25, 0.3) is 0 Å². The van der Waals surface area contributed by atoms with Crippen LogP contribution in [-0.4, -0.2) is 34.6 Å². The van der Waals surface area contributed by atoms with E-state index < -0.39 is 36.2 Å². The smallest absolute Gasteiger partial charge is 0.392 e. The molecule has 1 atom stereocenters. The van der Waals surface area contributed by atoms with Crippen LogP contribution in [0, 0.1) is 11.7 Å². The summed E-state index contributed by atoms with van der Waals surface area (Å²) in [7, 11) is 0. The van der Waals surface area contributed by atoms with E-state index in [2.05, 4.69) is 0 Å². The number of carbonyl (C=O) groups is 2. The van der Waals surface area contributed by atoms with Crippen LogP contribution in [0.5, 0.6) is 0 Å². The number of alkyl halides is 3. The fourth-order valence-electron chi connectivity index (χ4n) is 2.55. The summed E-state index contributed by atoms with van der Waals surface area (Å²) in [5.74, 6) is -4.34. The van der Waals surface area contributed by atoms with Gasteiger partial charge in [-0.1, -0.05) is 6.92 Å². The SMILES string of the molecule is CC(CC(=O)N1CCc2c(F)ccc(C(=O)O)c2C1)C(F)(F)F. The number of hydrogen-bond acceptors (Lipinski definition) is 2. The predicted molar refractivity (Wildman–Crippen MR) is 72.3 cm³/mol. The van der Waals surface area contributed by atoms with Crippen molar-refractivity contribution in [3.63, 3.8) is 0 Å². The average molecular weight is 333 g/mol. The van der Waals surface area contributed by atoms with Gasteiger partial charge >= 0.3 is 12.1 Å². The number of benzene rings is 1. The molecule has 1 aliphatic heterocycles. The Morgan fingerprint density at radius 3 is 2.52 bits per heavy atom. The molecule has 126 valence electrons. The second kappa shape index (κ2) is 6.17. The minimum atomic E-state index is -4.47. The standard InChI is InChI=1S/C15H15F4NO3/c1-8(15(17,18)19)6-13(21)20-5-4-9-11(7-20)10(14(22)23)2-3-12(9)16/h2-3,8H,4-7H2,1H3,(H,22,23). The van der Waals surface area contributed by atoms with Crippen molar-refractivity contribution in [2.75, 3.05) is 6.54 Å². The number of carboxylic acid groups (broad SMARTS) is 1. The van der Waals surface area contributed by atoms with E-state index in [4.69, 9.17) is 5.11 Å². The van der Waals surface area contributed by atoms with Gasteiger partial charge in [-0.3, -0.25) is 4.79 Å². The summed E-state index contributed by atoms with van der Waals surface area (Å²) in [6, 6.07) is 2.15. The molecule has 0 saturated carbocycles. The topological polar surface area (TPSA) is 57.6 Å². The van der Waals surface area contributed by atoms with Crippen LogP contribution >= 0.6 is 0 Å². The average Bonchev–Trinajstić information content (AvgIpc) is 2.45. The van der Waals surface area contributed by atoms with Gasteiger partial charge in [0.15, 0.2) is 0 Å². The third kappa shape index (κ3) is 3.62. The molecule has 2 rings (SSSR count). The monoisotopic (exact) mass is 333 g/mol. The first-order chi connectivity index (χ1) is 10.6. The maximum absolute atomic E-state index is 13.8. The highest BCUT2D eigenvalue weighted by atomic mass is 19.4. The lowest BCUT2D eigenvalue weighted by atomic mass is 9.93. The van der Waals surface area contributed by atoms with Crippen LogP contribution in [0.1, 0.15) is 34.8 Å². The molecule has 1 amide bonds. The van der Waals surface area contributed by atoms with Crippen molar-refractivity contribution in [1.29, 1.82) is 0 Å². The van der Waals surface area contributed by atoms with Crippen molar-refractivity contribution in [1.82, 2.24) is 4.90 Å². The molecular weight excluding hydrogens is 318 g/mol. The van der Waals surface area contributed by atoms with E-state index in [1.807, 2.05) is 0 Å². The second-order valence-electron chi connectivity index (χ2n) is 5.57. The highest BCUT2D eigenvalue weighted by molar-refractivity contribution is 5.90. The maximum Gasteiger partial charge on any atom is 0.392 e. The fraction of sp³-hybridized carbons (Fsp3) is 0.467. The maximum atomic E-state index is 13.8. The first-order valence-corrected chi connectivity index (χ1v) is 6.99. The molecule has 1 unspecified atom stereocenters. The molecule has 23 heavy (non-hydrogen) atoms. The van der Waals surface area contributed by atoms with E-state index in [0.29, 0.717) is 0 Å². The van der Waals surface area contributed by atoms with Crippen molar-refractivity contribution >= 4 is 11.9 Å². The van der Waals surface area contributed by atoms with Gasteiger partial charge in [0, 0.05) is 19.5 Å². The number of rotatable bonds is 3. The van der Waals surface area contributed by atoms with Gasteiger partial charge in [-0.05, 0) is 29.7 Å². The quantitative estimate of drug-likeness (QED) is 0.865. The zero-order chi connectivity index (χ0) is 17.4. The van der Waals surface area contributed by atoms with Crippen molar-refractivity contribution in [3.05, 3.63) is 34.6 Å². The zero-order valence-electron chi connectivity index (χ0n) is 12.3. The van der Waals surface area contributed by atoms with Gasteiger partial charge in [0.1, 0.15) is 5.82 Å². The molecule has 0 spiro atoms. The van der Waals surface area contributed by atoms with Crippen LogP contribution in [0.15, 0.2) is 12.1 Å². The molecule has 0 bridgehead atoms. The van der Waals surface area contributed by atoms with E-state index in [0.717, 1.165) is 24.0 Å². The normalized spacial score (nSPS) is 16.0. The molecule has 0 radical (unpaired) electrons. The summed E-state index contributed by atoms with van der Waals surface area (Å²) in [6.45, 7) is 0.784. The summed E-state index contributed by atoms with van der Waals surface area (Å²) in [4.78, 5) is 24.4. The Kier molecular flexibility index (Phi) is 4.63. The second-order valence-corrected chi connectivity index (χ2v) is 5.57. The number of amides is 1. The number of halogens is 4. The molecule has 0 saturated heterocycles. The van der Waals surface area contributed by atoms with E-state index in [9.17, 15) is 27.2 Å². The lowest BCUT2D eigenvalue weighted by molar-refractivity contribution is -0.176. The largest absolute Gasteiger partial charge is 0.478 e. The van der Waals surface area contributed by atoms with E-state index in [-0.39, 0.29) is 36.2 Å². The van der Waals surface area contributed by atoms with Crippen molar-refractivity contribution in [2.24, 2.45) is 5.92 Å². The summed E-state index contributed by atoms with van der Waals surface area (Å²) >= 11 is 0. The van der Waals surface area contributed by atoms with Gasteiger partial charge in [0.2, 0.25) is 5.91 Å². The van der Waals surface area contributed by atoms with Gasteiger partial charge in [0.05, 0.1) is 11.5 Å². The number of hydrogen-bond donors (Lipinski definition) is 1. The summed E-state index contributed by atoms with van der Waals surface area (Å²) < 4.78 is 51.4. The van der Waals surface area contributed by atoms with Crippen LogP contribution < -0.4 is 0 Å². The van der Waals surface area contributed by atoms with Crippen LogP contribution in [0.3, 0.4) is 0 Å². The molecule has 0 aromatic heterocycles. The Morgan fingerprint density at radius 2 is 1.96 bits per heavy atom. The minimum Gasteiger partial charge on any atom is -0.478 e. The highest BCUT2D eigenvalue weighted by Crippen LogP contribution is 2.30. The molecular formula is C15H15F4NO3. The third-order valence-electron chi connectivity index (χ3n) is 3.98. The lowest BCUT2D eigenvalue weighted by Crippen LogP contribution is -2.39. The molecule has 4 nitrogen and oxygen atoms in total. The molecule has 1 aromatic carbocycles.